The smallest absolute Gasteiger partial charge is 0.273 e. The quantitative estimate of drug-likeness (QED) is 0.696. The predicted molar refractivity (Wildman–Crippen MR) is 65.1 cm³/mol. The number of hydrogen-bond donors (Lipinski definition) is 3. The standard InChI is InChI=1S/C10H14N6O2/c1-18-3-2-16-6-7(5-12-16)13-10(17)8-4-9(11)15-14-8/h4-6H,2-3H2,1H3,(H,13,17)(H3,11,14,15). The fourth-order valence-corrected chi connectivity index (χ4v) is 1.39. The molecule has 2 aromatic heterocycles. The number of rotatable bonds is 5. The van der Waals surface area contributed by atoms with Crippen molar-refractivity contribution < 1.29 is 9.53 Å². The van der Waals surface area contributed by atoms with Gasteiger partial charge >= 0.3 is 0 Å². The number of nitrogens with one attached hydrogen (secondary N) is 2. The average molecular weight is 250 g/mol. The van der Waals surface area contributed by atoms with E-state index in [9.17, 15) is 4.79 Å². The summed E-state index contributed by atoms with van der Waals surface area (Å²) >= 11 is 0. The minimum absolute atomic E-state index is 0.274. The maximum atomic E-state index is 11.8. The number of amides is 1. The summed E-state index contributed by atoms with van der Waals surface area (Å²) in [4.78, 5) is 11.8. The van der Waals surface area contributed by atoms with Gasteiger partial charge in [0.2, 0.25) is 0 Å². The number of methoxy groups -OCH3 is 1. The minimum Gasteiger partial charge on any atom is -0.383 e. The number of aromatic amines is 1. The molecule has 2 aromatic rings. The number of ether oxygens (including phenoxy) is 1. The summed E-state index contributed by atoms with van der Waals surface area (Å²) in [5.41, 5.74) is 6.32. The van der Waals surface area contributed by atoms with Gasteiger partial charge in [0.15, 0.2) is 0 Å². The summed E-state index contributed by atoms with van der Waals surface area (Å²) in [5, 5.41) is 13.0. The SMILES string of the molecule is COCCn1cc(NC(=O)c2cc(N)n[nH]2)cn1. The van der Waals surface area contributed by atoms with Crippen molar-refractivity contribution >= 4 is 17.4 Å². The molecule has 8 heteroatoms. The van der Waals surface area contributed by atoms with Crippen LogP contribution in [0.5, 0.6) is 0 Å². The molecular formula is C10H14N6O2. The van der Waals surface area contributed by atoms with E-state index >= 15 is 0 Å². The zero-order valence-corrected chi connectivity index (χ0v) is 9.88. The van der Waals surface area contributed by atoms with Crippen molar-refractivity contribution in [2.45, 2.75) is 6.54 Å². The molecule has 4 N–H and O–H groups in total. The lowest BCUT2D eigenvalue weighted by atomic mass is 10.4. The van der Waals surface area contributed by atoms with Crippen LogP contribution in [0.1, 0.15) is 10.5 Å². The highest BCUT2D eigenvalue weighted by molar-refractivity contribution is 6.03. The fraction of sp³-hybridized carbons (Fsp3) is 0.300. The van der Waals surface area contributed by atoms with Crippen molar-refractivity contribution in [1.29, 1.82) is 0 Å². The summed E-state index contributed by atoms with van der Waals surface area (Å²) in [6, 6.07) is 1.46. The maximum absolute atomic E-state index is 11.8. The molecule has 0 aliphatic rings. The van der Waals surface area contributed by atoms with Gasteiger partial charge in [-0.2, -0.15) is 10.2 Å². The van der Waals surface area contributed by atoms with E-state index in [0.29, 0.717) is 24.5 Å². The van der Waals surface area contributed by atoms with Crippen molar-refractivity contribution in [3.8, 4) is 0 Å². The summed E-state index contributed by atoms with van der Waals surface area (Å²) in [6.07, 6.45) is 3.28. The minimum atomic E-state index is -0.314. The highest BCUT2D eigenvalue weighted by Gasteiger charge is 2.10. The lowest BCUT2D eigenvalue weighted by Crippen LogP contribution is -2.12. The fourth-order valence-electron chi connectivity index (χ4n) is 1.39. The second-order valence-electron chi connectivity index (χ2n) is 3.65. The third-order valence-electron chi connectivity index (χ3n) is 2.26. The Balaban J connectivity index is 1.97. The molecule has 96 valence electrons. The van der Waals surface area contributed by atoms with Crippen LogP contribution in [-0.2, 0) is 11.3 Å². The van der Waals surface area contributed by atoms with E-state index in [-0.39, 0.29) is 11.7 Å². The lowest BCUT2D eigenvalue weighted by Gasteiger charge is -2.00. The second kappa shape index (κ2) is 5.32. The van der Waals surface area contributed by atoms with Gasteiger partial charge in [0, 0.05) is 19.4 Å². The van der Waals surface area contributed by atoms with E-state index in [4.69, 9.17) is 10.5 Å². The van der Waals surface area contributed by atoms with Crippen LogP contribution in [-0.4, -0.2) is 39.6 Å². The first-order chi connectivity index (χ1) is 8.69. The molecule has 0 saturated heterocycles. The summed E-state index contributed by atoms with van der Waals surface area (Å²) in [7, 11) is 1.62. The Morgan fingerprint density at radius 3 is 3.17 bits per heavy atom. The van der Waals surface area contributed by atoms with E-state index in [1.807, 2.05) is 0 Å². The number of aromatic nitrogens is 4. The number of nitrogens with two attached hydrogens (primary N) is 1. The van der Waals surface area contributed by atoms with Crippen molar-refractivity contribution in [3.05, 3.63) is 24.2 Å². The van der Waals surface area contributed by atoms with Crippen LogP contribution < -0.4 is 11.1 Å². The molecule has 0 unspecified atom stereocenters. The normalized spacial score (nSPS) is 10.5. The second-order valence-corrected chi connectivity index (χ2v) is 3.65. The molecule has 0 bridgehead atoms. The largest absolute Gasteiger partial charge is 0.383 e. The number of nitrogens with zero attached hydrogens (tertiary/aromatic N) is 3. The van der Waals surface area contributed by atoms with Crippen molar-refractivity contribution in [1.82, 2.24) is 20.0 Å². The number of carbonyl (C=O) groups is 1. The molecule has 0 spiro atoms. The Morgan fingerprint density at radius 1 is 1.67 bits per heavy atom. The van der Waals surface area contributed by atoms with Crippen LogP contribution in [0.25, 0.3) is 0 Å². The van der Waals surface area contributed by atoms with Crippen molar-refractivity contribution in [2.75, 3.05) is 24.8 Å². The van der Waals surface area contributed by atoms with Gasteiger partial charge in [-0.05, 0) is 0 Å². The molecule has 0 aliphatic heterocycles. The van der Waals surface area contributed by atoms with Gasteiger partial charge < -0.3 is 15.8 Å². The Hall–Kier alpha value is -2.35. The first-order valence-corrected chi connectivity index (χ1v) is 5.32. The van der Waals surface area contributed by atoms with Gasteiger partial charge in [-0.3, -0.25) is 14.6 Å². The Morgan fingerprint density at radius 2 is 2.50 bits per heavy atom. The van der Waals surface area contributed by atoms with Crippen molar-refractivity contribution in [3.63, 3.8) is 0 Å². The number of H-pyrrole nitrogens is 1. The number of nitrogen functional groups attached to an aromatic ring is 1. The molecule has 0 radical (unpaired) electrons. The molecule has 0 atom stereocenters. The Kier molecular flexibility index (Phi) is 3.58. The Labute approximate surface area is 103 Å². The number of carbonyl (C=O) groups excluding carboxylic acids is 1. The third-order valence-corrected chi connectivity index (χ3v) is 2.26. The highest BCUT2D eigenvalue weighted by Crippen LogP contribution is 2.08. The van der Waals surface area contributed by atoms with Gasteiger partial charge in [0.05, 0.1) is 25.0 Å². The van der Waals surface area contributed by atoms with Crippen molar-refractivity contribution in [2.24, 2.45) is 0 Å². The van der Waals surface area contributed by atoms with E-state index in [2.05, 4.69) is 20.6 Å². The summed E-state index contributed by atoms with van der Waals surface area (Å²) < 4.78 is 6.61. The summed E-state index contributed by atoms with van der Waals surface area (Å²) in [6.45, 7) is 1.19. The van der Waals surface area contributed by atoms with Gasteiger partial charge in [-0.15, -0.1) is 0 Å². The van der Waals surface area contributed by atoms with Crippen LogP contribution in [0.4, 0.5) is 11.5 Å². The maximum Gasteiger partial charge on any atom is 0.273 e. The number of anilines is 2. The van der Waals surface area contributed by atoms with Gasteiger partial charge in [0.1, 0.15) is 11.5 Å². The van der Waals surface area contributed by atoms with Crippen LogP contribution in [0, 0.1) is 0 Å². The van der Waals surface area contributed by atoms with Gasteiger partial charge in [-0.25, -0.2) is 0 Å². The molecule has 0 aromatic carbocycles. The van der Waals surface area contributed by atoms with Crippen LogP contribution >= 0.6 is 0 Å². The molecule has 0 fully saturated rings. The molecule has 8 nitrogen and oxygen atoms in total. The molecule has 2 rings (SSSR count). The van der Waals surface area contributed by atoms with Crippen LogP contribution in [0.15, 0.2) is 18.5 Å². The first-order valence-electron chi connectivity index (χ1n) is 5.32. The van der Waals surface area contributed by atoms with E-state index in [0.717, 1.165) is 0 Å². The highest BCUT2D eigenvalue weighted by atomic mass is 16.5. The van der Waals surface area contributed by atoms with Crippen LogP contribution in [0.3, 0.4) is 0 Å². The zero-order chi connectivity index (χ0) is 13.0. The summed E-state index contributed by atoms with van der Waals surface area (Å²) in [5.74, 6) is -0.0403. The molecular weight excluding hydrogens is 236 g/mol. The third kappa shape index (κ3) is 2.86. The lowest BCUT2D eigenvalue weighted by molar-refractivity contribution is 0.102. The first kappa shape index (κ1) is 12.1. The topological polar surface area (TPSA) is 111 Å². The zero-order valence-electron chi connectivity index (χ0n) is 9.88. The van der Waals surface area contributed by atoms with Gasteiger partial charge in [0.25, 0.3) is 5.91 Å². The van der Waals surface area contributed by atoms with E-state index in [1.165, 1.54) is 6.07 Å². The Bertz CT molecular complexity index is 532. The number of hydrogen-bond acceptors (Lipinski definition) is 5. The van der Waals surface area contributed by atoms with E-state index in [1.54, 1.807) is 24.2 Å². The van der Waals surface area contributed by atoms with Crippen LogP contribution in [0.2, 0.25) is 0 Å². The molecule has 2 heterocycles. The monoisotopic (exact) mass is 250 g/mol. The molecule has 18 heavy (non-hydrogen) atoms. The van der Waals surface area contributed by atoms with E-state index < -0.39 is 0 Å². The molecule has 1 amide bonds. The molecule has 0 saturated carbocycles. The predicted octanol–water partition coefficient (Wildman–Crippen LogP) is 0.0871. The van der Waals surface area contributed by atoms with Gasteiger partial charge in [-0.1, -0.05) is 0 Å². The average Bonchev–Trinajstić information content (AvgIpc) is 2.96. The molecule has 0 aliphatic carbocycles.